The Kier molecular flexibility index (Phi) is 4.68. The number of rotatable bonds is 5. The van der Waals surface area contributed by atoms with Crippen molar-refractivity contribution in [2.75, 3.05) is 12.8 Å². The van der Waals surface area contributed by atoms with Crippen LogP contribution in [0.15, 0.2) is 0 Å². The molecule has 0 fully saturated rings. The molecule has 0 bridgehead atoms. The molecule has 0 aliphatic rings. The average Bonchev–Trinajstić information content (AvgIpc) is 1.87. The summed E-state index contributed by atoms with van der Waals surface area (Å²) in [5, 5.41) is 0. The van der Waals surface area contributed by atoms with Crippen LogP contribution >= 0.6 is 0 Å². The van der Waals surface area contributed by atoms with Crippen LogP contribution in [-0.4, -0.2) is 21.2 Å². The first kappa shape index (κ1) is 10.9. The Balaban J connectivity index is 3.84. The maximum Gasteiger partial charge on any atom is 0.211 e. The van der Waals surface area contributed by atoms with Crippen LogP contribution in [0.5, 0.6) is 0 Å². The topological polar surface area (TPSA) is 46.2 Å². The predicted molar refractivity (Wildman–Crippen MR) is 46.9 cm³/mol. The molecule has 0 radical (unpaired) electrons. The van der Waals surface area contributed by atoms with Crippen molar-refractivity contribution in [2.24, 2.45) is 5.92 Å². The third-order valence-electron chi connectivity index (χ3n) is 1.60. The van der Waals surface area contributed by atoms with Crippen LogP contribution in [0.2, 0.25) is 0 Å². The van der Waals surface area contributed by atoms with E-state index in [2.05, 4.69) is 11.6 Å². The van der Waals surface area contributed by atoms with Gasteiger partial charge in [-0.05, 0) is 19.4 Å². The Morgan fingerprint density at radius 1 is 1.45 bits per heavy atom. The lowest BCUT2D eigenvalue weighted by Crippen LogP contribution is -2.25. The first-order chi connectivity index (χ1) is 5.02. The molecule has 0 aliphatic heterocycles. The quantitative estimate of drug-likeness (QED) is 0.683. The monoisotopic (exact) mass is 179 g/mol. The summed E-state index contributed by atoms with van der Waals surface area (Å²) >= 11 is 0. The van der Waals surface area contributed by atoms with Gasteiger partial charge < -0.3 is 0 Å². The van der Waals surface area contributed by atoms with Crippen molar-refractivity contribution >= 4 is 10.0 Å². The second-order valence-corrected chi connectivity index (χ2v) is 4.85. The standard InChI is InChI=1S/C7H17NO2S/c1-4-5-7(2)6-11(9,10)8-3/h7-8H,4-6H2,1-3H3. The van der Waals surface area contributed by atoms with Gasteiger partial charge in [-0.2, -0.15) is 0 Å². The lowest BCUT2D eigenvalue weighted by atomic mass is 10.1. The zero-order chi connectivity index (χ0) is 8.91. The fraction of sp³-hybridized carbons (Fsp3) is 1.00. The number of nitrogens with one attached hydrogen (secondary N) is 1. The molecule has 3 nitrogen and oxygen atoms in total. The molecule has 68 valence electrons. The van der Waals surface area contributed by atoms with Gasteiger partial charge in [-0.25, -0.2) is 13.1 Å². The maximum atomic E-state index is 11.0. The molecule has 0 saturated heterocycles. The molecule has 0 aromatic carbocycles. The maximum absolute atomic E-state index is 11.0. The number of hydrogen-bond acceptors (Lipinski definition) is 2. The van der Waals surface area contributed by atoms with Crippen molar-refractivity contribution in [3.8, 4) is 0 Å². The number of sulfonamides is 1. The summed E-state index contributed by atoms with van der Waals surface area (Å²) in [6.45, 7) is 4.01. The molecular formula is C7H17NO2S. The molecule has 0 aromatic rings. The molecule has 0 rings (SSSR count). The van der Waals surface area contributed by atoms with E-state index in [9.17, 15) is 8.42 Å². The van der Waals surface area contributed by atoms with Crippen LogP contribution in [0, 0.1) is 5.92 Å². The molecule has 0 spiro atoms. The normalized spacial score (nSPS) is 14.8. The molecule has 4 heteroatoms. The highest BCUT2D eigenvalue weighted by molar-refractivity contribution is 7.89. The van der Waals surface area contributed by atoms with Gasteiger partial charge in [0.25, 0.3) is 0 Å². The second-order valence-electron chi connectivity index (χ2n) is 2.88. The largest absolute Gasteiger partial charge is 0.218 e. The van der Waals surface area contributed by atoms with Gasteiger partial charge in [0.1, 0.15) is 0 Å². The molecule has 1 unspecified atom stereocenters. The summed E-state index contributed by atoms with van der Waals surface area (Å²) in [7, 11) is -1.54. The summed E-state index contributed by atoms with van der Waals surface area (Å²) in [5.74, 6) is 0.509. The average molecular weight is 179 g/mol. The Bertz CT molecular complexity index is 187. The van der Waals surface area contributed by atoms with E-state index < -0.39 is 10.0 Å². The molecule has 0 amide bonds. The summed E-state index contributed by atoms with van der Waals surface area (Å²) in [6, 6.07) is 0. The Hall–Kier alpha value is -0.0900. The minimum absolute atomic E-state index is 0.247. The molecule has 0 aliphatic carbocycles. The Labute approximate surface area is 69.2 Å². The van der Waals surface area contributed by atoms with E-state index >= 15 is 0 Å². The number of hydrogen-bond donors (Lipinski definition) is 1. The van der Waals surface area contributed by atoms with Crippen molar-refractivity contribution in [3.63, 3.8) is 0 Å². The second kappa shape index (κ2) is 4.72. The van der Waals surface area contributed by atoms with Gasteiger partial charge in [0.2, 0.25) is 10.0 Å². The predicted octanol–water partition coefficient (Wildman–Crippen LogP) is 0.972. The zero-order valence-corrected chi connectivity index (χ0v) is 8.24. The summed E-state index contributed by atoms with van der Waals surface area (Å²) in [5.41, 5.74) is 0. The first-order valence-corrected chi connectivity index (χ1v) is 5.58. The van der Waals surface area contributed by atoms with Crippen LogP contribution < -0.4 is 4.72 Å². The fourth-order valence-electron chi connectivity index (χ4n) is 1.03. The highest BCUT2D eigenvalue weighted by atomic mass is 32.2. The van der Waals surface area contributed by atoms with Gasteiger partial charge in [0.15, 0.2) is 0 Å². The molecule has 0 aromatic heterocycles. The molecular weight excluding hydrogens is 162 g/mol. The summed E-state index contributed by atoms with van der Waals surface area (Å²) < 4.78 is 24.2. The third-order valence-corrected chi connectivity index (χ3v) is 3.23. The minimum Gasteiger partial charge on any atom is -0.218 e. The van der Waals surface area contributed by atoms with E-state index in [1.165, 1.54) is 7.05 Å². The molecule has 0 saturated carbocycles. The smallest absolute Gasteiger partial charge is 0.211 e. The Morgan fingerprint density at radius 3 is 2.36 bits per heavy atom. The molecule has 1 atom stereocenters. The van der Waals surface area contributed by atoms with Crippen LogP contribution in [0.4, 0.5) is 0 Å². The van der Waals surface area contributed by atoms with Crippen molar-refractivity contribution in [3.05, 3.63) is 0 Å². The summed E-state index contributed by atoms with van der Waals surface area (Å²) in [6.07, 6.45) is 2.02. The highest BCUT2D eigenvalue weighted by Crippen LogP contribution is 2.06. The van der Waals surface area contributed by atoms with Crippen LogP contribution in [-0.2, 0) is 10.0 Å². The fourth-order valence-corrected chi connectivity index (χ4v) is 2.12. The van der Waals surface area contributed by atoms with E-state index in [4.69, 9.17) is 0 Å². The van der Waals surface area contributed by atoms with Crippen molar-refractivity contribution in [1.82, 2.24) is 4.72 Å². The Morgan fingerprint density at radius 2 is 2.00 bits per heavy atom. The van der Waals surface area contributed by atoms with E-state index in [0.29, 0.717) is 0 Å². The van der Waals surface area contributed by atoms with Gasteiger partial charge in [-0.3, -0.25) is 0 Å². The van der Waals surface area contributed by atoms with Crippen LogP contribution in [0.1, 0.15) is 26.7 Å². The van der Waals surface area contributed by atoms with Gasteiger partial charge in [0, 0.05) is 0 Å². The highest BCUT2D eigenvalue weighted by Gasteiger charge is 2.11. The van der Waals surface area contributed by atoms with Crippen molar-refractivity contribution in [2.45, 2.75) is 26.7 Å². The SMILES string of the molecule is CCCC(C)CS(=O)(=O)NC. The minimum atomic E-state index is -2.99. The first-order valence-electron chi connectivity index (χ1n) is 3.93. The molecule has 1 N–H and O–H groups in total. The molecule has 11 heavy (non-hydrogen) atoms. The molecule has 0 heterocycles. The van der Waals surface area contributed by atoms with Gasteiger partial charge in [-0.15, -0.1) is 0 Å². The lowest BCUT2D eigenvalue weighted by Gasteiger charge is -2.08. The van der Waals surface area contributed by atoms with E-state index in [1.54, 1.807) is 0 Å². The van der Waals surface area contributed by atoms with Gasteiger partial charge in [-0.1, -0.05) is 20.3 Å². The van der Waals surface area contributed by atoms with Gasteiger partial charge in [0.05, 0.1) is 5.75 Å². The third kappa shape index (κ3) is 5.21. The van der Waals surface area contributed by atoms with Crippen molar-refractivity contribution in [1.29, 1.82) is 0 Å². The summed E-state index contributed by atoms with van der Waals surface area (Å²) in [4.78, 5) is 0. The van der Waals surface area contributed by atoms with Crippen LogP contribution in [0.3, 0.4) is 0 Å². The zero-order valence-electron chi connectivity index (χ0n) is 7.42. The lowest BCUT2D eigenvalue weighted by molar-refractivity contribution is 0.540. The van der Waals surface area contributed by atoms with E-state index in [-0.39, 0.29) is 11.7 Å². The van der Waals surface area contributed by atoms with Gasteiger partial charge >= 0.3 is 0 Å². The van der Waals surface area contributed by atoms with E-state index in [1.807, 2.05) is 6.92 Å². The van der Waals surface area contributed by atoms with Crippen molar-refractivity contribution < 1.29 is 8.42 Å². The van der Waals surface area contributed by atoms with Crippen LogP contribution in [0.25, 0.3) is 0 Å². The van der Waals surface area contributed by atoms with E-state index in [0.717, 1.165) is 12.8 Å².